The van der Waals surface area contributed by atoms with Crippen LogP contribution in [0.3, 0.4) is 0 Å². The number of nitrogens with zero attached hydrogens (tertiary/aromatic N) is 3. The molecule has 2 heterocycles. The first-order valence-corrected chi connectivity index (χ1v) is 14.2. The van der Waals surface area contributed by atoms with Gasteiger partial charge in [-0.3, -0.25) is 14.5 Å². The zero-order chi connectivity index (χ0) is 29.0. The van der Waals surface area contributed by atoms with Crippen LogP contribution in [0.15, 0.2) is 42.5 Å². The highest BCUT2D eigenvalue weighted by atomic mass is 32.2. The molecule has 40 heavy (non-hydrogen) atoms. The monoisotopic (exact) mass is 566 g/mol. The summed E-state index contributed by atoms with van der Waals surface area (Å²) in [4.78, 5) is 28.4. The van der Waals surface area contributed by atoms with Gasteiger partial charge < -0.3 is 19.5 Å². The SMILES string of the molecule is COCCNC(=O)CN1C(=O)CSC(c2cc(OC)ccc2OC)c2c(C(C)(C)C)nn(-c3cccc(C)c3)c21. The van der Waals surface area contributed by atoms with Crippen LogP contribution in [0.4, 0.5) is 5.82 Å². The Bertz CT molecular complexity index is 1380. The molecule has 2 amide bonds. The van der Waals surface area contributed by atoms with Crippen LogP contribution in [0.25, 0.3) is 5.69 Å². The number of anilines is 1. The molecule has 4 rings (SSSR count). The number of aryl methyl sites for hydroxylation is 1. The largest absolute Gasteiger partial charge is 0.497 e. The predicted octanol–water partition coefficient (Wildman–Crippen LogP) is 4.43. The summed E-state index contributed by atoms with van der Waals surface area (Å²) in [5, 5.41) is 7.69. The fraction of sp³-hybridized carbons (Fsp3) is 0.433. The summed E-state index contributed by atoms with van der Waals surface area (Å²) in [5.74, 6) is 1.68. The molecule has 2 aromatic carbocycles. The van der Waals surface area contributed by atoms with Gasteiger partial charge in [0.15, 0.2) is 0 Å². The molecule has 0 fully saturated rings. The molecule has 0 saturated heterocycles. The number of benzene rings is 2. The first-order chi connectivity index (χ1) is 19.1. The second-order valence-corrected chi connectivity index (χ2v) is 11.8. The van der Waals surface area contributed by atoms with Gasteiger partial charge in [-0.25, -0.2) is 4.68 Å². The number of thioether (sulfide) groups is 1. The van der Waals surface area contributed by atoms with E-state index in [1.54, 1.807) is 26.2 Å². The number of hydrogen-bond donors (Lipinski definition) is 1. The minimum Gasteiger partial charge on any atom is -0.497 e. The van der Waals surface area contributed by atoms with Crippen LogP contribution < -0.4 is 19.7 Å². The Labute approximate surface area is 240 Å². The van der Waals surface area contributed by atoms with Crippen molar-refractivity contribution < 1.29 is 23.8 Å². The highest BCUT2D eigenvalue weighted by Crippen LogP contribution is 2.50. The number of nitrogens with one attached hydrogen (secondary N) is 1. The maximum atomic E-state index is 13.8. The molecule has 0 bridgehead atoms. The van der Waals surface area contributed by atoms with Crippen LogP contribution in [0.5, 0.6) is 11.5 Å². The quantitative estimate of drug-likeness (QED) is 0.383. The van der Waals surface area contributed by atoms with Gasteiger partial charge >= 0.3 is 0 Å². The van der Waals surface area contributed by atoms with E-state index in [0.29, 0.717) is 30.5 Å². The van der Waals surface area contributed by atoms with Crippen molar-refractivity contribution in [3.63, 3.8) is 0 Å². The second kappa shape index (κ2) is 12.3. The van der Waals surface area contributed by atoms with Crippen LogP contribution >= 0.6 is 11.8 Å². The first-order valence-electron chi connectivity index (χ1n) is 13.2. The number of fused-ring (bicyclic) bond motifs is 1. The highest BCUT2D eigenvalue weighted by Gasteiger charge is 2.40. The molecular formula is C30H38N4O5S. The van der Waals surface area contributed by atoms with E-state index in [1.807, 2.05) is 54.1 Å². The van der Waals surface area contributed by atoms with Crippen molar-refractivity contribution in [2.24, 2.45) is 0 Å². The molecule has 1 aromatic heterocycles. The van der Waals surface area contributed by atoms with Crippen LogP contribution in [0.1, 0.15) is 48.4 Å². The molecule has 1 N–H and O–H groups in total. The van der Waals surface area contributed by atoms with Crippen molar-refractivity contribution >= 4 is 29.4 Å². The van der Waals surface area contributed by atoms with Crippen molar-refractivity contribution in [2.45, 2.75) is 38.4 Å². The Balaban J connectivity index is 2.01. The third kappa shape index (κ3) is 6.13. The number of aromatic nitrogens is 2. The number of ether oxygens (including phenoxy) is 3. The van der Waals surface area contributed by atoms with E-state index in [9.17, 15) is 9.59 Å². The molecule has 1 aliphatic rings. The average molecular weight is 567 g/mol. The van der Waals surface area contributed by atoms with Gasteiger partial charge in [0.25, 0.3) is 0 Å². The number of amides is 2. The summed E-state index contributed by atoms with van der Waals surface area (Å²) < 4.78 is 18.2. The molecular weight excluding hydrogens is 528 g/mol. The lowest BCUT2D eigenvalue weighted by Gasteiger charge is -2.25. The number of methoxy groups -OCH3 is 3. The van der Waals surface area contributed by atoms with Crippen molar-refractivity contribution in [2.75, 3.05) is 51.7 Å². The van der Waals surface area contributed by atoms with E-state index in [4.69, 9.17) is 19.3 Å². The van der Waals surface area contributed by atoms with Gasteiger partial charge in [-0.05, 0) is 42.8 Å². The number of carbonyl (C=O) groups is 2. The summed E-state index contributed by atoms with van der Waals surface area (Å²) >= 11 is 1.50. The van der Waals surface area contributed by atoms with Gasteiger partial charge in [0.1, 0.15) is 23.9 Å². The maximum absolute atomic E-state index is 13.8. The Morgan fingerprint density at radius 1 is 1.12 bits per heavy atom. The molecule has 0 spiro atoms. The smallest absolute Gasteiger partial charge is 0.240 e. The molecule has 1 atom stereocenters. The molecule has 0 radical (unpaired) electrons. The zero-order valence-corrected chi connectivity index (χ0v) is 25.1. The summed E-state index contributed by atoms with van der Waals surface area (Å²) in [7, 11) is 4.84. The molecule has 0 saturated carbocycles. The topological polar surface area (TPSA) is 94.9 Å². The minimum absolute atomic E-state index is 0.140. The van der Waals surface area contributed by atoms with Gasteiger partial charge in [-0.2, -0.15) is 5.10 Å². The maximum Gasteiger partial charge on any atom is 0.240 e. The lowest BCUT2D eigenvalue weighted by Crippen LogP contribution is -2.43. The number of carbonyl (C=O) groups excluding carboxylic acids is 2. The predicted molar refractivity (Wildman–Crippen MR) is 158 cm³/mol. The molecule has 0 aliphatic carbocycles. The van der Waals surface area contributed by atoms with Crippen molar-refractivity contribution in [3.8, 4) is 17.2 Å². The molecule has 3 aromatic rings. The fourth-order valence-corrected chi connectivity index (χ4v) is 6.01. The fourth-order valence-electron chi connectivity index (χ4n) is 4.79. The van der Waals surface area contributed by atoms with E-state index in [1.165, 1.54) is 11.8 Å². The van der Waals surface area contributed by atoms with E-state index in [0.717, 1.165) is 28.1 Å². The zero-order valence-electron chi connectivity index (χ0n) is 24.2. The third-order valence-electron chi connectivity index (χ3n) is 6.70. The summed E-state index contributed by atoms with van der Waals surface area (Å²) in [6.45, 7) is 8.93. The van der Waals surface area contributed by atoms with Crippen molar-refractivity contribution in [1.82, 2.24) is 15.1 Å². The normalized spacial score (nSPS) is 15.4. The van der Waals surface area contributed by atoms with Crippen LogP contribution in [0, 0.1) is 6.92 Å². The van der Waals surface area contributed by atoms with Gasteiger partial charge in [0.2, 0.25) is 11.8 Å². The van der Waals surface area contributed by atoms with Gasteiger partial charge in [0, 0.05) is 30.2 Å². The summed E-state index contributed by atoms with van der Waals surface area (Å²) in [5.41, 5.74) is 4.09. The lowest BCUT2D eigenvalue weighted by molar-refractivity contribution is -0.123. The summed E-state index contributed by atoms with van der Waals surface area (Å²) in [6.07, 6.45) is 0. The Morgan fingerprint density at radius 2 is 1.90 bits per heavy atom. The third-order valence-corrected chi connectivity index (χ3v) is 7.93. The highest BCUT2D eigenvalue weighted by molar-refractivity contribution is 8.00. The Morgan fingerprint density at radius 3 is 2.55 bits per heavy atom. The van der Waals surface area contributed by atoms with Crippen LogP contribution in [0.2, 0.25) is 0 Å². The summed E-state index contributed by atoms with van der Waals surface area (Å²) in [6, 6.07) is 13.7. The molecule has 10 heteroatoms. The molecule has 1 unspecified atom stereocenters. The van der Waals surface area contributed by atoms with Gasteiger partial charge in [-0.15, -0.1) is 11.8 Å². The standard InChI is InChI=1S/C30H38N4O5S/c1-19-9-8-10-20(15-19)34-29-26(28(32-34)30(2,3)4)27(22-16-21(38-6)11-12-23(22)39-7)40-18-25(36)33(29)17-24(35)31-13-14-37-5/h8-12,15-16,27H,13-14,17-18H2,1-7H3,(H,31,35). The number of hydrogen-bond acceptors (Lipinski definition) is 7. The molecule has 9 nitrogen and oxygen atoms in total. The molecule has 1 aliphatic heterocycles. The van der Waals surface area contributed by atoms with E-state index in [2.05, 4.69) is 26.1 Å². The first kappa shape index (κ1) is 29.5. The van der Waals surface area contributed by atoms with Gasteiger partial charge in [-0.1, -0.05) is 32.9 Å². The lowest BCUT2D eigenvalue weighted by atomic mass is 9.87. The Hall–Kier alpha value is -3.50. The Kier molecular flexibility index (Phi) is 9.10. The van der Waals surface area contributed by atoms with E-state index >= 15 is 0 Å². The van der Waals surface area contributed by atoms with Crippen molar-refractivity contribution in [1.29, 1.82) is 0 Å². The van der Waals surface area contributed by atoms with Crippen LogP contribution in [-0.4, -0.2) is 68.4 Å². The van der Waals surface area contributed by atoms with E-state index < -0.39 is 0 Å². The second-order valence-electron chi connectivity index (χ2n) is 10.7. The molecule has 214 valence electrons. The van der Waals surface area contributed by atoms with E-state index in [-0.39, 0.29) is 34.8 Å². The average Bonchev–Trinajstić information content (AvgIpc) is 3.26. The number of rotatable bonds is 9. The van der Waals surface area contributed by atoms with Gasteiger partial charge in [0.05, 0.1) is 43.2 Å². The minimum atomic E-state index is -0.371. The van der Waals surface area contributed by atoms with Crippen LogP contribution in [-0.2, 0) is 19.7 Å². The van der Waals surface area contributed by atoms with Crippen molar-refractivity contribution in [3.05, 3.63) is 64.8 Å².